The highest BCUT2D eigenvalue weighted by molar-refractivity contribution is 7.12. The molecule has 4 heterocycles. The molecule has 3 aromatic rings. The van der Waals surface area contributed by atoms with Crippen molar-refractivity contribution in [3.05, 3.63) is 45.4 Å². The smallest absolute Gasteiger partial charge is 0.330 e. The molecule has 8 heteroatoms. The molecule has 4 rings (SSSR count). The number of likely N-dealkylation sites (tertiary alicyclic amines) is 1. The Morgan fingerprint density at radius 1 is 1.42 bits per heavy atom. The third-order valence-corrected chi connectivity index (χ3v) is 5.39. The van der Waals surface area contributed by atoms with Crippen LogP contribution in [-0.2, 0) is 7.05 Å². The number of nitrogens with zero attached hydrogens (tertiary/aromatic N) is 5. The summed E-state index contributed by atoms with van der Waals surface area (Å²) in [6, 6.07) is 3.66. The topological polar surface area (TPSA) is 73.0 Å². The Kier molecular flexibility index (Phi) is 3.68. The van der Waals surface area contributed by atoms with Crippen LogP contribution in [0.4, 0.5) is 0 Å². The first-order chi connectivity index (χ1) is 11.7. The van der Waals surface area contributed by atoms with E-state index in [1.54, 1.807) is 22.4 Å². The molecule has 0 spiro atoms. The maximum Gasteiger partial charge on any atom is 0.330 e. The van der Waals surface area contributed by atoms with Crippen molar-refractivity contribution in [1.29, 1.82) is 0 Å². The van der Waals surface area contributed by atoms with Crippen LogP contribution in [0.2, 0.25) is 0 Å². The minimum Gasteiger partial charge on any atom is -0.336 e. The van der Waals surface area contributed by atoms with Crippen LogP contribution >= 0.6 is 11.3 Å². The molecule has 7 nitrogen and oxygen atoms in total. The van der Waals surface area contributed by atoms with Crippen molar-refractivity contribution < 1.29 is 4.79 Å². The fourth-order valence-corrected chi connectivity index (χ4v) is 4.02. The molecule has 1 atom stereocenters. The van der Waals surface area contributed by atoms with Gasteiger partial charge in [0.15, 0.2) is 5.65 Å². The van der Waals surface area contributed by atoms with Gasteiger partial charge in [0.2, 0.25) is 0 Å². The van der Waals surface area contributed by atoms with Crippen LogP contribution in [0, 0.1) is 0 Å². The highest BCUT2D eigenvalue weighted by Crippen LogP contribution is 2.25. The monoisotopic (exact) mass is 343 g/mol. The summed E-state index contributed by atoms with van der Waals surface area (Å²) in [6.45, 7) is 1.25. The molecule has 0 aliphatic carbocycles. The van der Waals surface area contributed by atoms with Gasteiger partial charge in [0.25, 0.3) is 5.91 Å². The van der Waals surface area contributed by atoms with E-state index in [2.05, 4.69) is 9.97 Å². The van der Waals surface area contributed by atoms with E-state index in [-0.39, 0.29) is 17.6 Å². The molecule has 1 amide bonds. The largest absolute Gasteiger partial charge is 0.336 e. The van der Waals surface area contributed by atoms with Gasteiger partial charge in [-0.25, -0.2) is 14.8 Å². The SMILES string of the molecule is Cn1c(=O)n([C@@H]2CCCN(C(=O)c3cccs3)C2)c2ncncc21. The average molecular weight is 343 g/mol. The molecule has 1 fully saturated rings. The summed E-state index contributed by atoms with van der Waals surface area (Å²) >= 11 is 1.45. The molecule has 0 bridgehead atoms. The first kappa shape index (κ1) is 15.1. The molecule has 24 heavy (non-hydrogen) atoms. The third kappa shape index (κ3) is 2.34. The maximum atomic E-state index is 12.6. The second kappa shape index (κ2) is 5.86. The zero-order valence-electron chi connectivity index (χ0n) is 13.3. The quantitative estimate of drug-likeness (QED) is 0.709. The lowest BCUT2D eigenvalue weighted by Gasteiger charge is -2.32. The van der Waals surface area contributed by atoms with Crippen molar-refractivity contribution in [3.8, 4) is 0 Å². The summed E-state index contributed by atoms with van der Waals surface area (Å²) in [7, 11) is 1.72. The Morgan fingerprint density at radius 2 is 2.29 bits per heavy atom. The number of rotatable bonds is 2. The number of aromatic nitrogens is 4. The van der Waals surface area contributed by atoms with Gasteiger partial charge < -0.3 is 4.90 Å². The van der Waals surface area contributed by atoms with Gasteiger partial charge in [0.1, 0.15) is 11.8 Å². The molecule has 0 aromatic carbocycles. The Morgan fingerprint density at radius 3 is 3.08 bits per heavy atom. The molecule has 1 saturated heterocycles. The molecule has 1 aliphatic heterocycles. The summed E-state index contributed by atoms with van der Waals surface area (Å²) in [5.41, 5.74) is 1.23. The van der Waals surface area contributed by atoms with Crippen molar-refractivity contribution in [1.82, 2.24) is 24.0 Å². The minimum atomic E-state index is -0.110. The highest BCUT2D eigenvalue weighted by atomic mass is 32.1. The van der Waals surface area contributed by atoms with Crippen molar-refractivity contribution in [3.63, 3.8) is 0 Å². The summed E-state index contributed by atoms with van der Waals surface area (Å²) in [5.74, 6) is 0.0395. The number of piperidine rings is 1. The summed E-state index contributed by atoms with van der Waals surface area (Å²) in [4.78, 5) is 36.1. The third-order valence-electron chi connectivity index (χ3n) is 4.54. The number of imidazole rings is 1. The van der Waals surface area contributed by atoms with Crippen molar-refractivity contribution in [2.24, 2.45) is 7.05 Å². The van der Waals surface area contributed by atoms with E-state index in [4.69, 9.17) is 0 Å². The van der Waals surface area contributed by atoms with Crippen molar-refractivity contribution >= 4 is 28.4 Å². The van der Waals surface area contributed by atoms with Gasteiger partial charge in [-0.1, -0.05) is 6.07 Å². The van der Waals surface area contributed by atoms with E-state index in [0.29, 0.717) is 17.7 Å². The van der Waals surface area contributed by atoms with Gasteiger partial charge in [0, 0.05) is 20.1 Å². The van der Waals surface area contributed by atoms with Crippen LogP contribution in [0.25, 0.3) is 11.2 Å². The lowest BCUT2D eigenvalue weighted by molar-refractivity contribution is 0.0684. The number of carbonyl (C=O) groups is 1. The summed E-state index contributed by atoms with van der Waals surface area (Å²) in [5, 5.41) is 1.90. The zero-order valence-corrected chi connectivity index (χ0v) is 14.1. The number of amides is 1. The van der Waals surface area contributed by atoms with Crippen LogP contribution in [0.15, 0.2) is 34.8 Å². The first-order valence-electron chi connectivity index (χ1n) is 7.86. The number of aryl methyl sites for hydroxylation is 1. The molecule has 0 N–H and O–H groups in total. The van der Waals surface area contributed by atoms with Crippen LogP contribution < -0.4 is 5.69 Å². The molecule has 0 saturated carbocycles. The van der Waals surface area contributed by atoms with Crippen LogP contribution in [0.3, 0.4) is 0 Å². The van der Waals surface area contributed by atoms with Gasteiger partial charge in [0.05, 0.1) is 17.1 Å². The van der Waals surface area contributed by atoms with Crippen molar-refractivity contribution in [2.75, 3.05) is 13.1 Å². The lowest BCUT2D eigenvalue weighted by atomic mass is 10.1. The number of hydrogen-bond donors (Lipinski definition) is 0. The van der Waals surface area contributed by atoms with Crippen molar-refractivity contribution in [2.45, 2.75) is 18.9 Å². The van der Waals surface area contributed by atoms with Crippen LogP contribution in [0.5, 0.6) is 0 Å². The van der Waals surface area contributed by atoms with Gasteiger partial charge >= 0.3 is 5.69 Å². The zero-order chi connectivity index (χ0) is 16.7. The summed E-state index contributed by atoms with van der Waals surface area (Å²) in [6.07, 6.45) is 4.83. The first-order valence-corrected chi connectivity index (χ1v) is 8.74. The van der Waals surface area contributed by atoms with Gasteiger partial charge in [-0.05, 0) is 24.3 Å². The Labute approximate surface area is 142 Å². The van der Waals surface area contributed by atoms with Crippen LogP contribution in [-0.4, -0.2) is 43.0 Å². The maximum absolute atomic E-state index is 12.6. The van der Waals surface area contributed by atoms with E-state index >= 15 is 0 Å². The van der Waals surface area contributed by atoms with E-state index < -0.39 is 0 Å². The molecule has 0 unspecified atom stereocenters. The molecule has 0 radical (unpaired) electrons. The Bertz CT molecular complexity index is 943. The molecular formula is C16H17N5O2S. The molecule has 1 aliphatic rings. The predicted octanol–water partition coefficient (Wildman–Crippen LogP) is 1.67. The second-order valence-corrected chi connectivity index (χ2v) is 6.92. The summed E-state index contributed by atoms with van der Waals surface area (Å²) < 4.78 is 3.28. The van der Waals surface area contributed by atoms with Gasteiger partial charge in [-0.3, -0.25) is 13.9 Å². The lowest BCUT2D eigenvalue weighted by Crippen LogP contribution is -2.42. The fourth-order valence-electron chi connectivity index (χ4n) is 3.33. The van der Waals surface area contributed by atoms with Gasteiger partial charge in [-0.2, -0.15) is 0 Å². The number of fused-ring (bicyclic) bond motifs is 1. The number of hydrogen-bond acceptors (Lipinski definition) is 5. The van der Waals surface area contributed by atoms with E-state index in [9.17, 15) is 9.59 Å². The Balaban J connectivity index is 1.69. The fraction of sp³-hybridized carbons (Fsp3) is 0.375. The Hall–Kier alpha value is -2.48. The second-order valence-electron chi connectivity index (χ2n) is 5.97. The van der Waals surface area contributed by atoms with E-state index in [1.165, 1.54) is 17.7 Å². The molecular weight excluding hydrogens is 326 g/mol. The van der Waals surface area contributed by atoms with Crippen LogP contribution in [0.1, 0.15) is 28.6 Å². The number of carbonyl (C=O) groups excluding carboxylic acids is 1. The predicted molar refractivity (Wildman–Crippen MR) is 91.3 cm³/mol. The normalized spacial score (nSPS) is 18.2. The minimum absolute atomic E-state index is 0.0395. The highest BCUT2D eigenvalue weighted by Gasteiger charge is 2.29. The molecule has 3 aromatic heterocycles. The standard InChI is InChI=1S/C16H17N5O2S/c1-19-12-8-17-10-18-14(12)21(16(19)23)11-4-2-6-20(9-11)15(22)13-5-3-7-24-13/h3,5,7-8,10-11H,2,4,6,9H2,1H3/t11-/m1/s1. The van der Waals surface area contributed by atoms with E-state index in [1.807, 2.05) is 22.4 Å². The number of thiophene rings is 1. The molecule has 124 valence electrons. The average Bonchev–Trinajstić information content (AvgIpc) is 3.23. The van der Waals surface area contributed by atoms with E-state index in [0.717, 1.165) is 24.3 Å². The van der Waals surface area contributed by atoms with Gasteiger partial charge in [-0.15, -0.1) is 11.3 Å².